The van der Waals surface area contributed by atoms with Gasteiger partial charge < -0.3 is 11.1 Å². The summed E-state index contributed by atoms with van der Waals surface area (Å²) in [4.78, 5) is 10.5. The van der Waals surface area contributed by atoms with Crippen LogP contribution in [0.2, 0.25) is 5.02 Å². The summed E-state index contributed by atoms with van der Waals surface area (Å²) in [7, 11) is -4.16. The van der Waals surface area contributed by atoms with E-state index in [2.05, 4.69) is 10.0 Å². The molecule has 9 heteroatoms. The molecule has 0 radical (unpaired) electrons. The topological polar surface area (TPSA) is 101 Å². The van der Waals surface area contributed by atoms with Crippen molar-refractivity contribution in [2.75, 3.05) is 11.9 Å². The third-order valence-corrected chi connectivity index (χ3v) is 6.66. The summed E-state index contributed by atoms with van der Waals surface area (Å²) >= 11 is 5.99. The highest BCUT2D eigenvalue weighted by atomic mass is 35.5. The summed E-state index contributed by atoms with van der Waals surface area (Å²) in [5.74, 6) is -1.39. The molecule has 1 saturated carbocycles. The van der Waals surface area contributed by atoms with E-state index in [9.17, 15) is 17.6 Å². The maximum Gasteiger partial charge on any atom is 0.244 e. The molecule has 1 aliphatic rings. The molecule has 2 rings (SSSR count). The summed E-state index contributed by atoms with van der Waals surface area (Å²) in [6.07, 6.45) is 3.32. The van der Waals surface area contributed by atoms with Gasteiger partial charge in [-0.1, -0.05) is 31.4 Å². The molecule has 0 heterocycles. The van der Waals surface area contributed by atoms with Crippen molar-refractivity contribution < 1.29 is 17.6 Å². The highest BCUT2D eigenvalue weighted by Gasteiger charge is 2.41. The fourth-order valence-corrected chi connectivity index (χ4v) is 5.15. The van der Waals surface area contributed by atoms with E-state index in [1.165, 1.54) is 6.92 Å². The van der Waals surface area contributed by atoms with E-state index in [-0.39, 0.29) is 23.2 Å². The van der Waals surface area contributed by atoms with Crippen LogP contribution >= 0.6 is 11.6 Å². The van der Waals surface area contributed by atoms with E-state index in [4.69, 9.17) is 17.3 Å². The molecule has 0 saturated heterocycles. The minimum Gasteiger partial charge on any atom is -0.329 e. The SMILES string of the molecule is CC(=O)Nc1cc(F)c(S(=O)(=O)NC2(CN)CCCCC2C)cc1Cl. The molecule has 0 spiro atoms. The maximum atomic E-state index is 14.4. The Morgan fingerprint density at radius 1 is 1.44 bits per heavy atom. The van der Waals surface area contributed by atoms with Gasteiger partial charge in [-0.15, -0.1) is 0 Å². The molecule has 4 N–H and O–H groups in total. The van der Waals surface area contributed by atoms with Crippen LogP contribution in [0.15, 0.2) is 17.0 Å². The van der Waals surface area contributed by atoms with Crippen molar-refractivity contribution >= 4 is 33.2 Å². The largest absolute Gasteiger partial charge is 0.329 e. The molecule has 0 aliphatic heterocycles. The van der Waals surface area contributed by atoms with Gasteiger partial charge in [0.05, 0.1) is 10.7 Å². The monoisotopic (exact) mass is 391 g/mol. The standard InChI is InChI=1S/C16H23ClFN3O3S/c1-10-5-3-4-6-16(10,9-19)21-25(23,24)15-7-12(17)14(8-13(15)18)20-11(2)22/h7-8,10,21H,3-6,9,19H2,1-2H3,(H,20,22). The van der Waals surface area contributed by atoms with Crippen LogP contribution in [0, 0.1) is 11.7 Å². The summed E-state index contributed by atoms with van der Waals surface area (Å²) in [5, 5.41) is 2.29. The van der Waals surface area contributed by atoms with Crippen molar-refractivity contribution in [2.24, 2.45) is 11.7 Å². The van der Waals surface area contributed by atoms with Crippen molar-refractivity contribution in [1.29, 1.82) is 0 Å². The van der Waals surface area contributed by atoms with Crippen molar-refractivity contribution in [3.05, 3.63) is 23.0 Å². The second-order valence-electron chi connectivity index (χ2n) is 6.56. The molecule has 2 unspecified atom stereocenters. The Bertz CT molecular complexity index is 772. The number of benzene rings is 1. The molecule has 1 aromatic carbocycles. The molecule has 1 amide bonds. The van der Waals surface area contributed by atoms with Gasteiger partial charge >= 0.3 is 0 Å². The molecule has 2 atom stereocenters. The number of anilines is 1. The Balaban J connectivity index is 2.39. The number of carbonyl (C=O) groups excluding carboxylic acids is 1. The molecule has 0 bridgehead atoms. The van der Waals surface area contributed by atoms with Crippen molar-refractivity contribution in [1.82, 2.24) is 4.72 Å². The molecule has 1 aliphatic carbocycles. The Morgan fingerprint density at radius 3 is 2.68 bits per heavy atom. The minimum atomic E-state index is -4.16. The number of carbonyl (C=O) groups is 1. The van der Waals surface area contributed by atoms with Crippen LogP contribution in [0.25, 0.3) is 0 Å². The zero-order valence-corrected chi connectivity index (χ0v) is 15.8. The first kappa shape index (κ1) is 20.1. The van der Waals surface area contributed by atoms with E-state index in [1.807, 2.05) is 6.92 Å². The summed E-state index contributed by atoms with van der Waals surface area (Å²) in [6, 6.07) is 1.90. The predicted octanol–water partition coefficient (Wildman–Crippen LogP) is 2.62. The van der Waals surface area contributed by atoms with Gasteiger partial charge in [-0.25, -0.2) is 17.5 Å². The number of amides is 1. The summed E-state index contributed by atoms with van der Waals surface area (Å²) in [5.41, 5.74) is 5.09. The lowest BCUT2D eigenvalue weighted by Gasteiger charge is -2.42. The Hall–Kier alpha value is -1.22. The van der Waals surface area contributed by atoms with E-state index in [1.54, 1.807) is 0 Å². The second kappa shape index (κ2) is 7.57. The first-order chi connectivity index (χ1) is 11.6. The Morgan fingerprint density at radius 2 is 2.12 bits per heavy atom. The molecule has 1 fully saturated rings. The molecule has 6 nitrogen and oxygen atoms in total. The van der Waals surface area contributed by atoms with Crippen LogP contribution < -0.4 is 15.8 Å². The van der Waals surface area contributed by atoms with Crippen molar-refractivity contribution in [2.45, 2.75) is 50.0 Å². The average molecular weight is 392 g/mol. The van der Waals surface area contributed by atoms with Gasteiger partial charge in [-0.3, -0.25) is 4.79 Å². The van der Waals surface area contributed by atoms with Crippen LogP contribution in [-0.4, -0.2) is 26.4 Å². The Labute approximate surface area is 152 Å². The normalized spacial score (nSPS) is 24.1. The molecule has 25 heavy (non-hydrogen) atoms. The maximum absolute atomic E-state index is 14.4. The number of hydrogen-bond acceptors (Lipinski definition) is 4. The van der Waals surface area contributed by atoms with Crippen LogP contribution in [0.1, 0.15) is 39.5 Å². The van der Waals surface area contributed by atoms with E-state index < -0.39 is 32.2 Å². The van der Waals surface area contributed by atoms with Gasteiger partial charge in [0.25, 0.3) is 0 Å². The average Bonchev–Trinajstić information content (AvgIpc) is 2.52. The third kappa shape index (κ3) is 4.31. The number of nitrogens with two attached hydrogens (primary N) is 1. The van der Waals surface area contributed by atoms with Gasteiger partial charge in [0.15, 0.2) is 0 Å². The Kier molecular flexibility index (Phi) is 6.09. The first-order valence-corrected chi connectivity index (χ1v) is 9.98. The summed E-state index contributed by atoms with van der Waals surface area (Å²) in [6.45, 7) is 3.32. The molecule has 1 aromatic rings. The fourth-order valence-electron chi connectivity index (χ4n) is 3.25. The van der Waals surface area contributed by atoms with E-state index >= 15 is 0 Å². The van der Waals surface area contributed by atoms with E-state index in [0.29, 0.717) is 6.42 Å². The molecule has 0 aromatic heterocycles. The van der Waals surface area contributed by atoms with Gasteiger partial charge in [-0.05, 0) is 24.8 Å². The number of sulfonamides is 1. The lowest BCUT2D eigenvalue weighted by Crippen LogP contribution is -2.59. The van der Waals surface area contributed by atoms with Crippen molar-refractivity contribution in [3.63, 3.8) is 0 Å². The van der Waals surface area contributed by atoms with Gasteiger partial charge in [0.2, 0.25) is 15.9 Å². The predicted molar refractivity (Wildman–Crippen MR) is 95.5 cm³/mol. The van der Waals surface area contributed by atoms with Gasteiger partial charge in [0, 0.05) is 25.1 Å². The first-order valence-electron chi connectivity index (χ1n) is 8.12. The highest BCUT2D eigenvalue weighted by Crippen LogP contribution is 2.35. The zero-order chi connectivity index (χ0) is 18.8. The van der Waals surface area contributed by atoms with Crippen molar-refractivity contribution in [3.8, 4) is 0 Å². The quantitative estimate of drug-likeness (QED) is 0.718. The fraction of sp³-hybridized carbons (Fsp3) is 0.562. The molecular weight excluding hydrogens is 369 g/mol. The second-order valence-corrected chi connectivity index (χ2v) is 8.61. The number of nitrogens with one attached hydrogen (secondary N) is 2. The van der Waals surface area contributed by atoms with Crippen LogP contribution in [-0.2, 0) is 14.8 Å². The van der Waals surface area contributed by atoms with Crippen LogP contribution in [0.3, 0.4) is 0 Å². The number of halogens is 2. The molecule has 140 valence electrons. The highest BCUT2D eigenvalue weighted by molar-refractivity contribution is 7.89. The summed E-state index contributed by atoms with van der Waals surface area (Å²) < 4.78 is 42.5. The zero-order valence-electron chi connectivity index (χ0n) is 14.2. The number of hydrogen-bond donors (Lipinski definition) is 3. The van der Waals surface area contributed by atoms with Gasteiger partial charge in [0.1, 0.15) is 10.7 Å². The molecular formula is C16H23ClFN3O3S. The number of rotatable bonds is 5. The smallest absolute Gasteiger partial charge is 0.244 e. The van der Waals surface area contributed by atoms with Gasteiger partial charge in [-0.2, -0.15) is 0 Å². The lowest BCUT2D eigenvalue weighted by atomic mass is 9.74. The van der Waals surface area contributed by atoms with Crippen LogP contribution in [0.5, 0.6) is 0 Å². The third-order valence-electron chi connectivity index (χ3n) is 4.78. The van der Waals surface area contributed by atoms with Crippen LogP contribution in [0.4, 0.5) is 10.1 Å². The van der Waals surface area contributed by atoms with E-state index in [0.717, 1.165) is 31.4 Å². The lowest BCUT2D eigenvalue weighted by molar-refractivity contribution is -0.114. The minimum absolute atomic E-state index is 0.0187.